The van der Waals surface area contributed by atoms with Crippen LogP contribution in [0.3, 0.4) is 0 Å². The Labute approximate surface area is 97.6 Å². The zero-order chi connectivity index (χ0) is 12.8. The normalized spacial score (nSPS) is 27.5. The van der Waals surface area contributed by atoms with E-state index in [1.165, 1.54) is 0 Å². The molecule has 1 saturated carbocycles. The van der Waals surface area contributed by atoms with Gasteiger partial charge in [0.1, 0.15) is 16.5 Å². The third kappa shape index (κ3) is 1.53. The van der Waals surface area contributed by atoms with E-state index in [1.54, 1.807) is 13.0 Å². The summed E-state index contributed by atoms with van der Waals surface area (Å²) in [6.07, 6.45) is 0.183. The third-order valence-electron chi connectivity index (χ3n) is 3.10. The fourth-order valence-electron chi connectivity index (χ4n) is 1.88. The molecule has 2 unspecified atom stereocenters. The molecule has 6 heteroatoms. The summed E-state index contributed by atoms with van der Waals surface area (Å²) >= 11 is 0. The van der Waals surface area contributed by atoms with Crippen LogP contribution in [-0.2, 0) is 9.84 Å². The molecule has 0 heterocycles. The van der Waals surface area contributed by atoms with Crippen LogP contribution in [0.1, 0.15) is 13.3 Å². The van der Waals surface area contributed by atoms with Gasteiger partial charge in [-0.05, 0) is 24.5 Å². The molecule has 3 nitrogen and oxygen atoms in total. The first-order valence-electron chi connectivity index (χ1n) is 4.96. The van der Waals surface area contributed by atoms with Gasteiger partial charge < -0.3 is 0 Å². The zero-order valence-electron chi connectivity index (χ0n) is 8.94. The van der Waals surface area contributed by atoms with Gasteiger partial charge in [-0.2, -0.15) is 5.26 Å². The lowest BCUT2D eigenvalue weighted by atomic mass is 10.3. The fourth-order valence-corrected chi connectivity index (χ4v) is 3.95. The number of benzene rings is 1. The van der Waals surface area contributed by atoms with Gasteiger partial charge in [-0.25, -0.2) is 17.2 Å². The van der Waals surface area contributed by atoms with Crippen LogP contribution in [0, 0.1) is 28.9 Å². The topological polar surface area (TPSA) is 57.9 Å². The first-order valence-corrected chi connectivity index (χ1v) is 6.44. The van der Waals surface area contributed by atoms with Crippen molar-refractivity contribution in [2.75, 3.05) is 0 Å². The average molecular weight is 257 g/mol. The smallest absolute Gasteiger partial charge is 0.200 e. The average Bonchev–Trinajstić information content (AvgIpc) is 2.90. The van der Waals surface area contributed by atoms with Gasteiger partial charge >= 0.3 is 0 Å². The van der Waals surface area contributed by atoms with Crippen LogP contribution in [0.2, 0.25) is 0 Å². The van der Waals surface area contributed by atoms with Gasteiger partial charge in [-0.15, -0.1) is 0 Å². The molecule has 0 saturated heterocycles. The van der Waals surface area contributed by atoms with Crippen LogP contribution in [-0.4, -0.2) is 13.2 Å². The zero-order valence-corrected chi connectivity index (χ0v) is 9.76. The van der Waals surface area contributed by atoms with Crippen molar-refractivity contribution in [3.63, 3.8) is 0 Å². The Bertz CT molecular complexity index is 621. The molecule has 1 aliphatic carbocycles. The highest BCUT2D eigenvalue weighted by atomic mass is 32.2. The van der Waals surface area contributed by atoms with E-state index >= 15 is 0 Å². The molecule has 0 amide bonds. The van der Waals surface area contributed by atoms with Crippen molar-refractivity contribution in [3.8, 4) is 6.07 Å². The number of sulfone groups is 1. The second-order valence-electron chi connectivity index (χ2n) is 4.18. The van der Waals surface area contributed by atoms with Crippen LogP contribution in [0.25, 0.3) is 0 Å². The Morgan fingerprint density at radius 2 is 2.06 bits per heavy atom. The van der Waals surface area contributed by atoms with E-state index in [9.17, 15) is 17.2 Å². The summed E-state index contributed by atoms with van der Waals surface area (Å²) in [5.41, 5.74) is 0. The highest BCUT2D eigenvalue weighted by Gasteiger charge is 2.63. The molecule has 0 radical (unpaired) electrons. The maximum atomic E-state index is 13.4. The van der Waals surface area contributed by atoms with Gasteiger partial charge in [0.15, 0.2) is 4.75 Å². The maximum Gasteiger partial charge on any atom is 0.200 e. The minimum absolute atomic E-state index is 0.183. The molecule has 1 aromatic rings. The van der Waals surface area contributed by atoms with Crippen LogP contribution in [0.4, 0.5) is 8.78 Å². The van der Waals surface area contributed by atoms with E-state index in [0.29, 0.717) is 6.07 Å². The van der Waals surface area contributed by atoms with Gasteiger partial charge in [0.2, 0.25) is 9.84 Å². The van der Waals surface area contributed by atoms with Crippen molar-refractivity contribution in [2.45, 2.75) is 23.0 Å². The third-order valence-corrected chi connectivity index (χ3v) is 5.63. The Kier molecular flexibility index (Phi) is 2.47. The second kappa shape index (κ2) is 3.50. The van der Waals surface area contributed by atoms with Gasteiger partial charge in [-0.3, -0.25) is 0 Å². The summed E-state index contributed by atoms with van der Waals surface area (Å²) in [6.45, 7) is 1.61. The van der Waals surface area contributed by atoms with Crippen molar-refractivity contribution in [3.05, 3.63) is 29.8 Å². The summed E-state index contributed by atoms with van der Waals surface area (Å²) in [5.74, 6) is -2.34. The highest BCUT2D eigenvalue weighted by Crippen LogP contribution is 2.52. The minimum atomic E-state index is -4.08. The van der Waals surface area contributed by atoms with E-state index in [-0.39, 0.29) is 12.3 Å². The number of rotatable bonds is 2. The fraction of sp³-hybridized carbons (Fsp3) is 0.364. The van der Waals surface area contributed by atoms with E-state index in [0.717, 1.165) is 12.1 Å². The van der Waals surface area contributed by atoms with Crippen molar-refractivity contribution in [1.29, 1.82) is 5.26 Å². The van der Waals surface area contributed by atoms with E-state index in [2.05, 4.69) is 0 Å². The minimum Gasteiger partial charge on any atom is -0.222 e. The summed E-state index contributed by atoms with van der Waals surface area (Å²) in [5, 5.41) is 8.94. The van der Waals surface area contributed by atoms with E-state index in [4.69, 9.17) is 5.26 Å². The number of hydrogen-bond donors (Lipinski definition) is 0. The largest absolute Gasteiger partial charge is 0.222 e. The standard InChI is InChI=1S/C11H9F2NO2S/c1-7-5-11(7,6-14)17(15,16)10-3-2-8(12)4-9(10)13/h2-4,7H,5H2,1H3. The Morgan fingerprint density at radius 1 is 1.47 bits per heavy atom. The first kappa shape index (κ1) is 12.0. The lowest BCUT2D eigenvalue weighted by molar-refractivity contribution is 0.544. The van der Waals surface area contributed by atoms with Crippen LogP contribution < -0.4 is 0 Å². The first-order chi connectivity index (χ1) is 7.85. The molecule has 0 spiro atoms. The molecular weight excluding hydrogens is 248 g/mol. The Morgan fingerprint density at radius 3 is 2.47 bits per heavy atom. The number of nitrogens with zero attached hydrogens (tertiary/aromatic N) is 1. The van der Waals surface area contributed by atoms with Gasteiger partial charge in [0, 0.05) is 6.07 Å². The van der Waals surface area contributed by atoms with Crippen molar-refractivity contribution < 1.29 is 17.2 Å². The monoisotopic (exact) mass is 257 g/mol. The highest BCUT2D eigenvalue weighted by molar-refractivity contribution is 7.93. The maximum absolute atomic E-state index is 13.4. The Hall–Kier alpha value is -1.48. The van der Waals surface area contributed by atoms with Crippen LogP contribution in [0.5, 0.6) is 0 Å². The Balaban J connectivity index is 2.58. The number of hydrogen-bond acceptors (Lipinski definition) is 3. The molecule has 1 aromatic carbocycles. The van der Waals surface area contributed by atoms with Gasteiger partial charge in [0.05, 0.1) is 6.07 Å². The number of nitriles is 1. The molecule has 2 rings (SSSR count). The molecule has 17 heavy (non-hydrogen) atoms. The predicted octanol–water partition coefficient (Wildman–Crippen LogP) is 2.04. The van der Waals surface area contributed by atoms with Crippen LogP contribution in [0.15, 0.2) is 23.1 Å². The molecule has 2 atom stereocenters. The lowest BCUT2D eigenvalue weighted by Gasteiger charge is -2.10. The second-order valence-corrected chi connectivity index (χ2v) is 6.36. The quantitative estimate of drug-likeness (QED) is 0.762. The summed E-state index contributed by atoms with van der Waals surface area (Å²) in [6, 6.07) is 3.97. The van der Waals surface area contributed by atoms with Gasteiger partial charge in [0.25, 0.3) is 0 Å². The number of halogens is 2. The van der Waals surface area contributed by atoms with Crippen molar-refractivity contribution in [2.24, 2.45) is 5.92 Å². The molecule has 0 N–H and O–H groups in total. The SMILES string of the molecule is CC1CC1(C#N)S(=O)(=O)c1ccc(F)cc1F. The molecule has 1 fully saturated rings. The van der Waals surface area contributed by atoms with Gasteiger partial charge in [-0.1, -0.05) is 6.92 Å². The molecule has 1 aliphatic rings. The molecule has 0 aliphatic heterocycles. The summed E-state index contributed by atoms with van der Waals surface area (Å²) in [7, 11) is -4.08. The molecule has 0 bridgehead atoms. The van der Waals surface area contributed by atoms with Crippen LogP contribution >= 0.6 is 0 Å². The predicted molar refractivity (Wildman–Crippen MR) is 55.7 cm³/mol. The van der Waals surface area contributed by atoms with Crippen molar-refractivity contribution in [1.82, 2.24) is 0 Å². The van der Waals surface area contributed by atoms with E-state index in [1.807, 2.05) is 0 Å². The van der Waals surface area contributed by atoms with E-state index < -0.39 is 31.1 Å². The molecular formula is C11H9F2NO2S. The summed E-state index contributed by atoms with van der Waals surface area (Å²) < 4.78 is 48.8. The lowest BCUT2D eigenvalue weighted by Crippen LogP contribution is -2.24. The molecule has 90 valence electrons. The molecule has 0 aromatic heterocycles. The van der Waals surface area contributed by atoms with Crippen molar-refractivity contribution >= 4 is 9.84 Å². The summed E-state index contributed by atoms with van der Waals surface area (Å²) in [4.78, 5) is -0.607.